The van der Waals surface area contributed by atoms with Crippen LogP contribution in [0.4, 0.5) is 0 Å². The summed E-state index contributed by atoms with van der Waals surface area (Å²) < 4.78 is 5.18. The number of hydrogen-bond acceptors (Lipinski definition) is 3. The van der Waals surface area contributed by atoms with E-state index >= 15 is 0 Å². The topological polar surface area (TPSA) is 58.6 Å². The van der Waals surface area contributed by atoms with Crippen molar-refractivity contribution < 1.29 is 14.6 Å². The number of carbonyl (C=O) groups excluding carboxylic acids is 1. The fraction of sp³-hybridized carbons (Fsp3) is 0.500. The van der Waals surface area contributed by atoms with Gasteiger partial charge in [0.25, 0.3) is 0 Å². The van der Waals surface area contributed by atoms with E-state index in [1.807, 2.05) is 31.2 Å². The molecular formula is C14H19NO3. The van der Waals surface area contributed by atoms with Crippen molar-refractivity contribution >= 4 is 5.91 Å². The van der Waals surface area contributed by atoms with Crippen LogP contribution < -0.4 is 5.32 Å². The van der Waals surface area contributed by atoms with Crippen molar-refractivity contribution in [2.75, 3.05) is 13.2 Å². The van der Waals surface area contributed by atoms with Crippen LogP contribution in [-0.2, 0) is 16.0 Å². The molecule has 0 saturated carbocycles. The van der Waals surface area contributed by atoms with Gasteiger partial charge >= 0.3 is 0 Å². The molecule has 0 aliphatic heterocycles. The Morgan fingerprint density at radius 2 is 2.28 bits per heavy atom. The molecule has 18 heavy (non-hydrogen) atoms. The van der Waals surface area contributed by atoms with Gasteiger partial charge in [0, 0.05) is 13.0 Å². The van der Waals surface area contributed by atoms with Crippen LogP contribution in [-0.4, -0.2) is 30.3 Å². The fourth-order valence-electron chi connectivity index (χ4n) is 2.27. The average Bonchev–Trinajstić information content (AvgIpc) is 2.67. The standard InChI is InChI=1S/C14H19NO3/c1-2-7-18-9-13(17)15-14-11-6-4-3-5-10(11)8-12(14)16/h3-6,12,14,16H,2,7-9H2,1H3,(H,15,17)/t12-,14+/m0/s1. The van der Waals surface area contributed by atoms with Crippen LogP contribution >= 0.6 is 0 Å². The third-order valence-electron chi connectivity index (χ3n) is 3.10. The molecule has 0 heterocycles. The molecule has 1 amide bonds. The van der Waals surface area contributed by atoms with Crippen molar-refractivity contribution in [3.05, 3.63) is 35.4 Å². The van der Waals surface area contributed by atoms with Gasteiger partial charge in [-0.2, -0.15) is 0 Å². The van der Waals surface area contributed by atoms with Crippen molar-refractivity contribution in [1.82, 2.24) is 5.32 Å². The Balaban J connectivity index is 1.95. The molecule has 1 aliphatic carbocycles. The van der Waals surface area contributed by atoms with Crippen molar-refractivity contribution in [2.24, 2.45) is 0 Å². The number of hydrogen-bond donors (Lipinski definition) is 2. The summed E-state index contributed by atoms with van der Waals surface area (Å²) in [6.45, 7) is 2.63. The van der Waals surface area contributed by atoms with Crippen LogP contribution in [0.2, 0.25) is 0 Å². The lowest BCUT2D eigenvalue weighted by Crippen LogP contribution is -2.36. The fourth-order valence-corrected chi connectivity index (χ4v) is 2.27. The molecule has 2 atom stereocenters. The molecule has 1 aromatic rings. The summed E-state index contributed by atoms with van der Waals surface area (Å²) in [5.74, 6) is -0.177. The van der Waals surface area contributed by atoms with E-state index in [1.54, 1.807) is 0 Å². The van der Waals surface area contributed by atoms with Crippen molar-refractivity contribution in [1.29, 1.82) is 0 Å². The first-order valence-electron chi connectivity index (χ1n) is 6.35. The van der Waals surface area contributed by atoms with Crippen LogP contribution in [0.15, 0.2) is 24.3 Å². The average molecular weight is 249 g/mol. The Bertz CT molecular complexity index is 419. The molecule has 0 spiro atoms. The number of ether oxygens (including phenoxy) is 1. The predicted octanol–water partition coefficient (Wildman–Crippen LogP) is 1.19. The second-order valence-electron chi connectivity index (χ2n) is 4.57. The van der Waals surface area contributed by atoms with Gasteiger partial charge in [-0.05, 0) is 17.5 Å². The number of rotatable bonds is 5. The molecule has 1 aromatic carbocycles. The second kappa shape index (κ2) is 5.98. The molecule has 4 nitrogen and oxygen atoms in total. The van der Waals surface area contributed by atoms with Gasteiger partial charge in [-0.25, -0.2) is 0 Å². The SMILES string of the molecule is CCCOCC(=O)N[C@@H]1c2ccccc2C[C@@H]1O. The first kappa shape index (κ1) is 13.1. The molecule has 1 aliphatic rings. The van der Waals surface area contributed by atoms with Gasteiger partial charge in [-0.3, -0.25) is 4.79 Å². The van der Waals surface area contributed by atoms with E-state index in [9.17, 15) is 9.90 Å². The predicted molar refractivity (Wildman–Crippen MR) is 68.1 cm³/mol. The smallest absolute Gasteiger partial charge is 0.246 e. The summed E-state index contributed by atoms with van der Waals surface area (Å²) in [7, 11) is 0. The monoisotopic (exact) mass is 249 g/mol. The van der Waals surface area contributed by atoms with Crippen LogP contribution in [0.25, 0.3) is 0 Å². The Morgan fingerprint density at radius 3 is 3.06 bits per heavy atom. The van der Waals surface area contributed by atoms with E-state index in [0.29, 0.717) is 13.0 Å². The summed E-state index contributed by atoms with van der Waals surface area (Å²) >= 11 is 0. The van der Waals surface area contributed by atoms with Crippen LogP contribution in [0.3, 0.4) is 0 Å². The zero-order valence-corrected chi connectivity index (χ0v) is 10.6. The minimum atomic E-state index is -0.544. The molecular weight excluding hydrogens is 230 g/mol. The van der Waals surface area contributed by atoms with Gasteiger partial charge in [0.1, 0.15) is 6.61 Å². The maximum Gasteiger partial charge on any atom is 0.246 e. The lowest BCUT2D eigenvalue weighted by atomic mass is 10.1. The molecule has 0 radical (unpaired) electrons. The zero-order valence-electron chi connectivity index (χ0n) is 10.6. The molecule has 2 rings (SSSR count). The first-order valence-corrected chi connectivity index (χ1v) is 6.35. The number of aliphatic hydroxyl groups excluding tert-OH is 1. The number of nitrogens with one attached hydrogen (secondary N) is 1. The molecule has 0 fully saturated rings. The number of amides is 1. The first-order chi connectivity index (χ1) is 8.72. The van der Waals surface area contributed by atoms with Gasteiger partial charge < -0.3 is 15.2 Å². The van der Waals surface area contributed by atoms with Crippen LogP contribution in [0, 0.1) is 0 Å². The van der Waals surface area contributed by atoms with Gasteiger partial charge in [-0.1, -0.05) is 31.2 Å². The van der Waals surface area contributed by atoms with Crippen molar-refractivity contribution in [3.63, 3.8) is 0 Å². The lowest BCUT2D eigenvalue weighted by molar-refractivity contribution is -0.127. The molecule has 0 unspecified atom stereocenters. The number of fused-ring (bicyclic) bond motifs is 1. The summed E-state index contributed by atoms with van der Waals surface area (Å²) in [4.78, 5) is 11.7. The highest BCUT2D eigenvalue weighted by Crippen LogP contribution is 2.30. The Kier molecular flexibility index (Phi) is 4.33. The van der Waals surface area contributed by atoms with Crippen LogP contribution in [0.5, 0.6) is 0 Å². The minimum absolute atomic E-state index is 0.0548. The molecule has 0 saturated heterocycles. The number of aliphatic hydroxyl groups is 1. The summed E-state index contributed by atoms with van der Waals surface area (Å²) in [5, 5.41) is 12.8. The van der Waals surface area contributed by atoms with Gasteiger partial charge in [0.15, 0.2) is 0 Å². The summed E-state index contributed by atoms with van der Waals surface area (Å²) in [6.07, 6.45) is 0.941. The largest absolute Gasteiger partial charge is 0.390 e. The molecule has 4 heteroatoms. The Hall–Kier alpha value is -1.39. The number of carbonyl (C=O) groups is 1. The summed E-state index contributed by atoms with van der Waals surface area (Å²) in [6, 6.07) is 7.49. The van der Waals surface area contributed by atoms with E-state index in [4.69, 9.17) is 4.74 Å². The van der Waals surface area contributed by atoms with Gasteiger partial charge in [-0.15, -0.1) is 0 Å². The zero-order chi connectivity index (χ0) is 13.0. The van der Waals surface area contributed by atoms with E-state index in [-0.39, 0.29) is 18.6 Å². The van der Waals surface area contributed by atoms with Crippen LogP contribution in [0.1, 0.15) is 30.5 Å². The lowest BCUT2D eigenvalue weighted by Gasteiger charge is -2.17. The highest BCUT2D eigenvalue weighted by molar-refractivity contribution is 5.78. The normalized spacial score (nSPS) is 21.7. The minimum Gasteiger partial charge on any atom is -0.390 e. The quantitative estimate of drug-likeness (QED) is 0.771. The third-order valence-corrected chi connectivity index (χ3v) is 3.10. The van der Waals surface area contributed by atoms with Gasteiger partial charge in [0.05, 0.1) is 12.1 Å². The number of benzene rings is 1. The highest BCUT2D eigenvalue weighted by atomic mass is 16.5. The van der Waals surface area contributed by atoms with E-state index in [2.05, 4.69) is 5.32 Å². The molecule has 98 valence electrons. The van der Waals surface area contributed by atoms with E-state index in [0.717, 1.165) is 17.5 Å². The maximum atomic E-state index is 11.7. The highest BCUT2D eigenvalue weighted by Gasteiger charge is 2.31. The molecule has 2 N–H and O–H groups in total. The van der Waals surface area contributed by atoms with Gasteiger partial charge in [0.2, 0.25) is 5.91 Å². The molecule has 0 bridgehead atoms. The van der Waals surface area contributed by atoms with Crippen molar-refractivity contribution in [3.8, 4) is 0 Å². The van der Waals surface area contributed by atoms with Crippen molar-refractivity contribution in [2.45, 2.75) is 31.9 Å². The summed E-state index contributed by atoms with van der Waals surface area (Å²) in [5.41, 5.74) is 2.11. The van der Waals surface area contributed by atoms with E-state index in [1.165, 1.54) is 0 Å². The second-order valence-corrected chi connectivity index (χ2v) is 4.57. The van der Waals surface area contributed by atoms with E-state index < -0.39 is 6.10 Å². The Labute approximate surface area is 107 Å². The maximum absolute atomic E-state index is 11.7. The third kappa shape index (κ3) is 2.89. The molecule has 0 aromatic heterocycles. The Morgan fingerprint density at radius 1 is 1.50 bits per heavy atom.